The van der Waals surface area contributed by atoms with E-state index < -0.39 is 0 Å². The summed E-state index contributed by atoms with van der Waals surface area (Å²) in [5, 5.41) is 3.59. The van der Waals surface area contributed by atoms with Crippen molar-refractivity contribution in [3.05, 3.63) is 70.2 Å². The van der Waals surface area contributed by atoms with Gasteiger partial charge in [-0.15, -0.1) is 0 Å². The molecule has 148 valence electrons. The molecular weight excluding hydrogens is 374 g/mol. The van der Waals surface area contributed by atoms with E-state index in [2.05, 4.69) is 30.4 Å². The second-order valence-electron chi connectivity index (χ2n) is 7.11. The van der Waals surface area contributed by atoms with Crippen molar-refractivity contribution in [3.63, 3.8) is 0 Å². The van der Waals surface area contributed by atoms with Gasteiger partial charge in [-0.05, 0) is 30.5 Å². The predicted molar refractivity (Wildman–Crippen MR) is 112 cm³/mol. The lowest BCUT2D eigenvalue weighted by atomic mass is 10.1. The quantitative estimate of drug-likeness (QED) is 0.838. The molecule has 1 heterocycles. The third kappa shape index (κ3) is 5.49. The molecule has 1 aliphatic rings. The molecule has 2 aromatic rings. The molecule has 5 nitrogen and oxygen atoms in total. The number of nitrogens with one attached hydrogen (secondary N) is 1. The molecule has 0 atom stereocenters. The lowest BCUT2D eigenvalue weighted by Crippen LogP contribution is -2.53. The van der Waals surface area contributed by atoms with Crippen LogP contribution in [0.1, 0.15) is 16.7 Å². The van der Waals surface area contributed by atoms with Crippen molar-refractivity contribution in [1.82, 2.24) is 15.1 Å². The first-order valence-corrected chi connectivity index (χ1v) is 10.0. The number of aryl methyl sites for hydroxylation is 1. The van der Waals surface area contributed by atoms with Crippen molar-refractivity contribution >= 4 is 23.5 Å². The maximum absolute atomic E-state index is 12.5. The summed E-state index contributed by atoms with van der Waals surface area (Å²) in [7, 11) is 0. The molecule has 3 amide bonds. The summed E-state index contributed by atoms with van der Waals surface area (Å²) in [6.45, 7) is 4.86. The average molecular weight is 400 g/mol. The summed E-state index contributed by atoms with van der Waals surface area (Å²) in [6, 6.07) is 15.6. The summed E-state index contributed by atoms with van der Waals surface area (Å²) >= 11 is 6.14. The van der Waals surface area contributed by atoms with E-state index in [-0.39, 0.29) is 11.9 Å². The van der Waals surface area contributed by atoms with Crippen molar-refractivity contribution < 1.29 is 9.59 Å². The Morgan fingerprint density at radius 3 is 2.43 bits per heavy atom. The zero-order valence-electron chi connectivity index (χ0n) is 16.2. The molecular formula is C22H26ClN3O2. The van der Waals surface area contributed by atoms with E-state index in [0.717, 1.165) is 12.0 Å². The highest BCUT2D eigenvalue weighted by Crippen LogP contribution is 2.16. The minimum atomic E-state index is -0.0640. The summed E-state index contributed by atoms with van der Waals surface area (Å²) in [6.07, 6.45) is 1.10. The Labute approximate surface area is 171 Å². The van der Waals surface area contributed by atoms with Crippen molar-refractivity contribution in [2.45, 2.75) is 19.8 Å². The molecule has 0 radical (unpaired) electrons. The van der Waals surface area contributed by atoms with Crippen LogP contribution < -0.4 is 5.32 Å². The first-order chi connectivity index (χ1) is 13.5. The zero-order valence-corrected chi connectivity index (χ0v) is 16.9. The summed E-state index contributed by atoms with van der Waals surface area (Å²) < 4.78 is 0. The highest BCUT2D eigenvalue weighted by atomic mass is 35.5. The zero-order chi connectivity index (χ0) is 19.9. The number of benzene rings is 2. The first kappa shape index (κ1) is 20.2. The van der Waals surface area contributed by atoms with E-state index in [1.54, 1.807) is 15.9 Å². The highest BCUT2D eigenvalue weighted by molar-refractivity contribution is 6.31. The molecule has 0 bridgehead atoms. The molecule has 1 saturated heterocycles. The van der Waals surface area contributed by atoms with Crippen molar-refractivity contribution in [3.8, 4) is 0 Å². The monoisotopic (exact) mass is 399 g/mol. The van der Waals surface area contributed by atoms with Crippen LogP contribution in [0.3, 0.4) is 0 Å². The maximum Gasteiger partial charge on any atom is 0.317 e. The molecule has 28 heavy (non-hydrogen) atoms. The van der Waals surface area contributed by atoms with E-state index in [1.165, 1.54) is 11.1 Å². The Morgan fingerprint density at radius 2 is 1.71 bits per heavy atom. The number of carbonyl (C=O) groups excluding carboxylic acids is 2. The molecule has 1 aliphatic heterocycles. The van der Waals surface area contributed by atoms with Crippen molar-refractivity contribution in [2.24, 2.45) is 0 Å². The van der Waals surface area contributed by atoms with Crippen LogP contribution in [0.25, 0.3) is 0 Å². The van der Waals surface area contributed by atoms with Gasteiger partial charge in [0.1, 0.15) is 0 Å². The Morgan fingerprint density at radius 1 is 1.00 bits per heavy atom. The van der Waals surface area contributed by atoms with Gasteiger partial charge in [0.05, 0.1) is 6.42 Å². The van der Waals surface area contributed by atoms with Crippen LogP contribution in [0.4, 0.5) is 4.79 Å². The largest absolute Gasteiger partial charge is 0.339 e. The molecule has 0 spiro atoms. The molecule has 1 N–H and O–H groups in total. The molecule has 6 heteroatoms. The van der Waals surface area contributed by atoms with Gasteiger partial charge in [0.15, 0.2) is 0 Å². The van der Waals surface area contributed by atoms with Gasteiger partial charge in [-0.3, -0.25) is 4.79 Å². The average Bonchev–Trinajstić information content (AvgIpc) is 2.70. The highest BCUT2D eigenvalue weighted by Gasteiger charge is 2.24. The fourth-order valence-electron chi connectivity index (χ4n) is 3.37. The van der Waals surface area contributed by atoms with Gasteiger partial charge in [0.2, 0.25) is 5.91 Å². The molecule has 0 saturated carbocycles. The third-order valence-electron chi connectivity index (χ3n) is 4.99. The first-order valence-electron chi connectivity index (χ1n) is 9.62. The SMILES string of the molecule is Cc1cccc(CCNC(=O)N2CCN(C(=O)Cc3ccccc3Cl)CC2)c1. The number of rotatable bonds is 5. The Balaban J connectivity index is 1.41. The minimum absolute atomic E-state index is 0.0487. The number of hydrogen-bond acceptors (Lipinski definition) is 2. The second kappa shape index (κ2) is 9.60. The molecule has 0 aliphatic carbocycles. The van der Waals surface area contributed by atoms with E-state index in [0.29, 0.717) is 44.2 Å². The molecule has 3 rings (SSSR count). The van der Waals surface area contributed by atoms with Gasteiger partial charge in [-0.1, -0.05) is 59.6 Å². The number of amides is 3. The van der Waals surface area contributed by atoms with Gasteiger partial charge in [0.25, 0.3) is 0 Å². The number of nitrogens with zero attached hydrogens (tertiary/aromatic N) is 2. The van der Waals surface area contributed by atoms with E-state index in [1.807, 2.05) is 24.3 Å². The molecule has 1 fully saturated rings. The molecule has 0 aromatic heterocycles. The molecule has 0 unspecified atom stereocenters. The lowest BCUT2D eigenvalue weighted by molar-refractivity contribution is -0.131. The number of hydrogen-bond donors (Lipinski definition) is 1. The van der Waals surface area contributed by atoms with Crippen LogP contribution >= 0.6 is 11.6 Å². The van der Waals surface area contributed by atoms with Crippen molar-refractivity contribution in [1.29, 1.82) is 0 Å². The van der Waals surface area contributed by atoms with Crippen LogP contribution in [0.15, 0.2) is 48.5 Å². The molecule has 2 aromatic carbocycles. The van der Waals surface area contributed by atoms with E-state index >= 15 is 0 Å². The maximum atomic E-state index is 12.5. The Bertz CT molecular complexity index is 832. The van der Waals surface area contributed by atoms with Crippen LogP contribution in [0.5, 0.6) is 0 Å². The van der Waals surface area contributed by atoms with Gasteiger partial charge < -0.3 is 15.1 Å². The van der Waals surface area contributed by atoms with Gasteiger partial charge in [-0.25, -0.2) is 4.79 Å². The summed E-state index contributed by atoms with van der Waals surface area (Å²) in [5.41, 5.74) is 3.28. The van der Waals surface area contributed by atoms with Crippen LogP contribution in [-0.4, -0.2) is 54.5 Å². The topological polar surface area (TPSA) is 52.7 Å². The van der Waals surface area contributed by atoms with Crippen LogP contribution in [0, 0.1) is 6.92 Å². The van der Waals surface area contributed by atoms with E-state index in [4.69, 9.17) is 11.6 Å². The van der Waals surface area contributed by atoms with Gasteiger partial charge >= 0.3 is 6.03 Å². The predicted octanol–water partition coefficient (Wildman–Crippen LogP) is 3.29. The fraction of sp³-hybridized carbons (Fsp3) is 0.364. The third-order valence-corrected chi connectivity index (χ3v) is 5.36. The number of piperazine rings is 1. The standard InChI is InChI=1S/C22H26ClN3O2/c1-17-5-4-6-18(15-17)9-10-24-22(28)26-13-11-25(12-14-26)21(27)16-19-7-2-3-8-20(19)23/h2-8,15H,9-14,16H2,1H3,(H,24,28). The van der Waals surface area contributed by atoms with Crippen LogP contribution in [-0.2, 0) is 17.6 Å². The summed E-state index contributed by atoms with van der Waals surface area (Å²) in [4.78, 5) is 28.4. The Hall–Kier alpha value is -2.53. The van der Waals surface area contributed by atoms with E-state index in [9.17, 15) is 9.59 Å². The lowest BCUT2D eigenvalue weighted by Gasteiger charge is -2.34. The van der Waals surface area contributed by atoms with Gasteiger partial charge in [-0.2, -0.15) is 0 Å². The van der Waals surface area contributed by atoms with Gasteiger partial charge in [0, 0.05) is 37.7 Å². The Kier molecular flexibility index (Phi) is 6.93. The fourth-order valence-corrected chi connectivity index (χ4v) is 3.57. The number of carbonyl (C=O) groups is 2. The van der Waals surface area contributed by atoms with Crippen molar-refractivity contribution in [2.75, 3.05) is 32.7 Å². The second-order valence-corrected chi connectivity index (χ2v) is 7.51. The minimum Gasteiger partial charge on any atom is -0.339 e. The van der Waals surface area contributed by atoms with Crippen LogP contribution in [0.2, 0.25) is 5.02 Å². The normalized spacial score (nSPS) is 14.1. The number of halogens is 1. The smallest absolute Gasteiger partial charge is 0.317 e. The summed E-state index contributed by atoms with van der Waals surface area (Å²) in [5.74, 6) is 0.0487. The number of urea groups is 1.